The summed E-state index contributed by atoms with van der Waals surface area (Å²) in [5.74, 6) is -1.04. The summed E-state index contributed by atoms with van der Waals surface area (Å²) in [6.45, 7) is 0. The van der Waals surface area contributed by atoms with Crippen molar-refractivity contribution in [2.24, 2.45) is 0 Å². The van der Waals surface area contributed by atoms with Crippen molar-refractivity contribution >= 4 is 5.97 Å². The molecular formula is C12H7N3O3. The molecule has 2 heterocycles. The third kappa shape index (κ3) is 2.25. The van der Waals surface area contributed by atoms with E-state index in [9.17, 15) is 4.79 Å². The molecule has 0 saturated heterocycles. The van der Waals surface area contributed by atoms with Gasteiger partial charge in [-0.2, -0.15) is 5.26 Å². The number of hydrogen-bond acceptors (Lipinski definition) is 5. The highest BCUT2D eigenvalue weighted by molar-refractivity contribution is 5.90. The van der Waals surface area contributed by atoms with E-state index in [1.54, 1.807) is 6.07 Å². The number of aromatic nitrogens is 2. The van der Waals surface area contributed by atoms with E-state index in [-0.39, 0.29) is 22.8 Å². The summed E-state index contributed by atoms with van der Waals surface area (Å²) in [7, 11) is 0. The highest BCUT2D eigenvalue weighted by Gasteiger charge is 2.13. The molecule has 0 aliphatic heterocycles. The fourth-order valence-corrected chi connectivity index (χ4v) is 1.30. The zero-order valence-electron chi connectivity index (χ0n) is 9.07. The standard InChI is InChI=1S/C12H7N3O3/c13-6-8-2-1-4-15-11(8)18-10-7-14-5-3-9(10)12(16)17/h1-5,7H,(H,16,17). The summed E-state index contributed by atoms with van der Waals surface area (Å²) in [5.41, 5.74) is 0.178. The molecule has 2 rings (SSSR count). The number of carboxylic acid groups (broad SMARTS) is 1. The molecule has 1 N–H and O–H groups in total. The molecule has 0 aliphatic rings. The highest BCUT2D eigenvalue weighted by Crippen LogP contribution is 2.24. The summed E-state index contributed by atoms with van der Waals surface area (Å²) in [6, 6.07) is 6.34. The van der Waals surface area contributed by atoms with E-state index >= 15 is 0 Å². The van der Waals surface area contributed by atoms with Crippen molar-refractivity contribution in [3.8, 4) is 17.7 Å². The van der Waals surface area contributed by atoms with Crippen molar-refractivity contribution in [3.05, 3.63) is 47.9 Å². The topological polar surface area (TPSA) is 96.1 Å². The number of nitriles is 1. The van der Waals surface area contributed by atoms with Gasteiger partial charge in [-0.15, -0.1) is 0 Å². The number of nitrogens with zero attached hydrogens (tertiary/aromatic N) is 3. The number of rotatable bonds is 3. The minimum atomic E-state index is -1.14. The number of aromatic carboxylic acids is 1. The van der Waals surface area contributed by atoms with Gasteiger partial charge in [-0.1, -0.05) is 0 Å². The molecular weight excluding hydrogens is 234 g/mol. The van der Waals surface area contributed by atoms with Gasteiger partial charge in [-0.3, -0.25) is 4.98 Å². The lowest BCUT2D eigenvalue weighted by molar-refractivity contribution is 0.0694. The maximum Gasteiger partial charge on any atom is 0.339 e. The van der Waals surface area contributed by atoms with Gasteiger partial charge in [0.15, 0.2) is 5.75 Å². The summed E-state index contributed by atoms with van der Waals surface area (Å²) < 4.78 is 5.32. The monoisotopic (exact) mass is 241 g/mol. The first-order valence-corrected chi connectivity index (χ1v) is 4.92. The molecule has 0 aliphatic carbocycles. The largest absolute Gasteiger partial charge is 0.478 e. The van der Waals surface area contributed by atoms with E-state index in [2.05, 4.69) is 9.97 Å². The molecule has 0 spiro atoms. The first-order valence-electron chi connectivity index (χ1n) is 4.92. The number of pyridine rings is 2. The van der Waals surface area contributed by atoms with Gasteiger partial charge < -0.3 is 9.84 Å². The predicted molar refractivity (Wildman–Crippen MR) is 60.2 cm³/mol. The molecule has 0 aromatic carbocycles. The molecule has 0 atom stereocenters. The van der Waals surface area contributed by atoms with Gasteiger partial charge in [0.1, 0.15) is 17.2 Å². The predicted octanol–water partition coefficient (Wildman–Crippen LogP) is 1.84. The van der Waals surface area contributed by atoms with Crippen LogP contribution in [0.3, 0.4) is 0 Å². The maximum atomic E-state index is 11.0. The minimum Gasteiger partial charge on any atom is -0.478 e. The molecule has 0 bridgehead atoms. The van der Waals surface area contributed by atoms with E-state index in [0.29, 0.717) is 0 Å². The molecule has 0 radical (unpaired) electrons. The van der Waals surface area contributed by atoms with Crippen LogP contribution in [0.2, 0.25) is 0 Å². The van der Waals surface area contributed by atoms with Gasteiger partial charge in [-0.05, 0) is 18.2 Å². The number of ether oxygens (including phenoxy) is 1. The zero-order valence-corrected chi connectivity index (χ0v) is 9.07. The lowest BCUT2D eigenvalue weighted by Crippen LogP contribution is -2.01. The number of carboxylic acids is 1. The maximum absolute atomic E-state index is 11.0. The summed E-state index contributed by atoms with van der Waals surface area (Å²) in [6.07, 6.45) is 4.06. The fourth-order valence-electron chi connectivity index (χ4n) is 1.30. The molecule has 6 heteroatoms. The molecule has 2 aromatic heterocycles. The van der Waals surface area contributed by atoms with Gasteiger partial charge in [-0.25, -0.2) is 9.78 Å². The molecule has 6 nitrogen and oxygen atoms in total. The van der Waals surface area contributed by atoms with Gasteiger partial charge in [0.05, 0.1) is 6.20 Å². The van der Waals surface area contributed by atoms with Crippen molar-refractivity contribution in [1.29, 1.82) is 5.26 Å². The molecule has 0 amide bonds. The quantitative estimate of drug-likeness (QED) is 0.880. The Labute approximate surface area is 102 Å². The van der Waals surface area contributed by atoms with E-state index in [1.165, 1.54) is 30.7 Å². The second kappa shape index (κ2) is 4.93. The second-order valence-electron chi connectivity index (χ2n) is 3.25. The summed E-state index contributed by atoms with van der Waals surface area (Å²) in [4.78, 5) is 18.6. The van der Waals surface area contributed by atoms with E-state index in [0.717, 1.165) is 0 Å². The molecule has 18 heavy (non-hydrogen) atoms. The Balaban J connectivity index is 2.41. The van der Waals surface area contributed by atoms with Gasteiger partial charge >= 0.3 is 5.97 Å². The first kappa shape index (κ1) is 11.5. The summed E-state index contributed by atoms with van der Waals surface area (Å²) in [5, 5.41) is 17.8. The Bertz CT molecular complexity index is 634. The molecule has 0 saturated carbocycles. The Hall–Kier alpha value is -2.94. The highest BCUT2D eigenvalue weighted by atomic mass is 16.5. The smallest absolute Gasteiger partial charge is 0.339 e. The van der Waals surface area contributed by atoms with Crippen LogP contribution in [-0.2, 0) is 0 Å². The Morgan fingerprint density at radius 3 is 2.94 bits per heavy atom. The lowest BCUT2D eigenvalue weighted by Gasteiger charge is -2.07. The average Bonchev–Trinajstić information content (AvgIpc) is 2.40. The van der Waals surface area contributed by atoms with Crippen molar-refractivity contribution in [1.82, 2.24) is 9.97 Å². The SMILES string of the molecule is N#Cc1cccnc1Oc1cnccc1C(=O)O. The third-order valence-corrected chi connectivity index (χ3v) is 2.11. The Kier molecular flexibility index (Phi) is 3.16. The number of carbonyl (C=O) groups is 1. The third-order valence-electron chi connectivity index (χ3n) is 2.11. The number of hydrogen-bond donors (Lipinski definition) is 1. The van der Waals surface area contributed by atoms with Gasteiger partial charge in [0.25, 0.3) is 0 Å². The zero-order chi connectivity index (χ0) is 13.0. The normalized spacial score (nSPS) is 9.50. The van der Waals surface area contributed by atoms with Crippen LogP contribution in [0.5, 0.6) is 11.6 Å². The molecule has 88 valence electrons. The molecule has 0 fully saturated rings. The van der Waals surface area contributed by atoms with Crippen LogP contribution < -0.4 is 4.74 Å². The molecule has 2 aromatic rings. The summed E-state index contributed by atoms with van der Waals surface area (Å²) >= 11 is 0. The molecule has 0 unspecified atom stereocenters. The Morgan fingerprint density at radius 2 is 2.22 bits per heavy atom. The first-order chi connectivity index (χ1) is 8.72. The van der Waals surface area contributed by atoms with Crippen molar-refractivity contribution in [2.45, 2.75) is 0 Å². The van der Waals surface area contributed by atoms with Gasteiger partial charge in [0.2, 0.25) is 5.88 Å². The van der Waals surface area contributed by atoms with E-state index in [1.807, 2.05) is 6.07 Å². The van der Waals surface area contributed by atoms with Crippen LogP contribution in [0.15, 0.2) is 36.8 Å². The van der Waals surface area contributed by atoms with Crippen molar-refractivity contribution in [3.63, 3.8) is 0 Å². The van der Waals surface area contributed by atoms with Crippen LogP contribution in [0.4, 0.5) is 0 Å². The van der Waals surface area contributed by atoms with E-state index < -0.39 is 5.97 Å². The van der Waals surface area contributed by atoms with Crippen molar-refractivity contribution in [2.75, 3.05) is 0 Å². The Morgan fingerprint density at radius 1 is 1.39 bits per heavy atom. The van der Waals surface area contributed by atoms with Crippen LogP contribution >= 0.6 is 0 Å². The van der Waals surface area contributed by atoms with Crippen LogP contribution in [-0.4, -0.2) is 21.0 Å². The van der Waals surface area contributed by atoms with Crippen LogP contribution in [0, 0.1) is 11.3 Å². The van der Waals surface area contributed by atoms with Crippen molar-refractivity contribution < 1.29 is 14.6 Å². The average molecular weight is 241 g/mol. The van der Waals surface area contributed by atoms with Gasteiger partial charge in [0, 0.05) is 12.4 Å². The van der Waals surface area contributed by atoms with Crippen LogP contribution in [0.1, 0.15) is 15.9 Å². The minimum absolute atomic E-state index is 0.0419. The van der Waals surface area contributed by atoms with Crippen LogP contribution in [0.25, 0.3) is 0 Å². The second-order valence-corrected chi connectivity index (χ2v) is 3.25. The lowest BCUT2D eigenvalue weighted by atomic mass is 10.2. The van der Waals surface area contributed by atoms with E-state index in [4.69, 9.17) is 15.1 Å². The fraction of sp³-hybridized carbons (Fsp3) is 0.